The lowest BCUT2D eigenvalue weighted by molar-refractivity contribution is -0.154. The normalized spacial score (nSPS) is 31.6. The Morgan fingerprint density at radius 1 is 1.17 bits per heavy atom. The Balaban J connectivity index is 2.39. The number of esters is 1. The summed E-state index contributed by atoms with van der Waals surface area (Å²) < 4.78 is 5.67. The summed E-state index contributed by atoms with van der Waals surface area (Å²) in [5, 5.41) is 24.3. The first-order valence-corrected chi connectivity index (χ1v) is 13.0. The fourth-order valence-corrected chi connectivity index (χ4v) is 4.83. The van der Waals surface area contributed by atoms with Crippen molar-refractivity contribution >= 4 is 34.9 Å². The van der Waals surface area contributed by atoms with E-state index in [0.717, 1.165) is 10.7 Å². The van der Waals surface area contributed by atoms with E-state index >= 15 is 0 Å². The summed E-state index contributed by atoms with van der Waals surface area (Å²) in [4.78, 5) is 43.4. The van der Waals surface area contributed by atoms with Crippen LogP contribution in [0.2, 0.25) is 0 Å². The molecule has 2 N–H and O–H groups in total. The number of Topliss-reactive ketones (excluding diaryl/α,β-unsaturated/α-hetero) is 2. The first-order chi connectivity index (χ1) is 16.2. The highest BCUT2D eigenvalue weighted by atomic mass is 32.1. The smallest absolute Gasteiger partial charge is 0.309 e. The second-order valence-corrected chi connectivity index (χ2v) is 11.4. The minimum Gasteiger partial charge on any atom is -0.457 e. The molecule has 35 heavy (non-hydrogen) atoms. The third kappa shape index (κ3) is 7.66. The first-order valence-electron chi connectivity index (χ1n) is 12.1. The zero-order valence-corrected chi connectivity index (χ0v) is 22.6. The number of carbonyl (C=O) groups is 3. The zero-order valence-electron chi connectivity index (χ0n) is 21.8. The van der Waals surface area contributed by atoms with E-state index in [1.165, 1.54) is 11.3 Å². The van der Waals surface area contributed by atoms with Crippen LogP contribution in [-0.4, -0.2) is 51.0 Å². The Labute approximate surface area is 212 Å². The predicted molar refractivity (Wildman–Crippen MR) is 137 cm³/mol. The van der Waals surface area contributed by atoms with Crippen LogP contribution in [-0.2, 0) is 19.1 Å². The number of nitrogens with zero attached hydrogens (tertiary/aromatic N) is 1. The van der Waals surface area contributed by atoms with Crippen LogP contribution in [0.25, 0.3) is 6.08 Å². The number of aliphatic hydroxyl groups is 2. The Morgan fingerprint density at radius 3 is 2.43 bits per heavy atom. The van der Waals surface area contributed by atoms with Crippen molar-refractivity contribution < 1.29 is 29.3 Å². The summed E-state index contributed by atoms with van der Waals surface area (Å²) in [6.07, 6.45) is 1.34. The van der Waals surface area contributed by atoms with E-state index in [1.54, 1.807) is 40.7 Å². The van der Waals surface area contributed by atoms with Gasteiger partial charge in [-0.15, -0.1) is 11.3 Å². The van der Waals surface area contributed by atoms with Crippen molar-refractivity contribution in [2.75, 3.05) is 0 Å². The molecular formula is C27H39NO6S. The molecule has 0 radical (unpaired) electrons. The van der Waals surface area contributed by atoms with Gasteiger partial charge in [0.25, 0.3) is 0 Å². The van der Waals surface area contributed by atoms with Crippen LogP contribution in [0.15, 0.2) is 22.6 Å². The molecule has 0 saturated carbocycles. The predicted octanol–water partition coefficient (Wildman–Crippen LogP) is 4.45. The van der Waals surface area contributed by atoms with Gasteiger partial charge in [-0.1, -0.05) is 33.8 Å². The second kappa shape index (κ2) is 12.2. The lowest BCUT2D eigenvalue weighted by Crippen LogP contribution is -2.45. The Morgan fingerprint density at radius 2 is 1.83 bits per heavy atom. The topological polar surface area (TPSA) is 114 Å². The quantitative estimate of drug-likeness (QED) is 0.571. The molecule has 0 unspecified atom stereocenters. The van der Waals surface area contributed by atoms with Gasteiger partial charge in [-0.05, 0) is 56.8 Å². The number of ether oxygens (including phenoxy) is 1. The number of ketones is 2. The molecule has 0 aliphatic carbocycles. The summed E-state index contributed by atoms with van der Waals surface area (Å²) in [6, 6.07) is 0. The van der Waals surface area contributed by atoms with Gasteiger partial charge in [-0.2, -0.15) is 0 Å². The van der Waals surface area contributed by atoms with Crippen molar-refractivity contribution in [2.45, 2.75) is 92.5 Å². The number of hydrogen-bond donors (Lipinski definition) is 2. The van der Waals surface area contributed by atoms with Crippen LogP contribution in [0.5, 0.6) is 0 Å². The van der Waals surface area contributed by atoms with Crippen molar-refractivity contribution in [3.05, 3.63) is 33.3 Å². The Hall–Kier alpha value is -2.16. The molecule has 1 aliphatic rings. The van der Waals surface area contributed by atoms with Crippen molar-refractivity contribution in [2.24, 2.45) is 17.3 Å². The zero-order chi connectivity index (χ0) is 26.5. The molecule has 1 aromatic heterocycles. The largest absolute Gasteiger partial charge is 0.457 e. The van der Waals surface area contributed by atoms with Gasteiger partial charge in [0.1, 0.15) is 11.9 Å². The summed E-state index contributed by atoms with van der Waals surface area (Å²) in [7, 11) is 0. The monoisotopic (exact) mass is 505 g/mol. The number of cyclic esters (lactones) is 1. The fraction of sp³-hybridized carbons (Fsp3) is 0.630. The van der Waals surface area contributed by atoms with Crippen LogP contribution in [0.1, 0.15) is 77.9 Å². The molecular weight excluding hydrogens is 466 g/mol. The van der Waals surface area contributed by atoms with Crippen LogP contribution >= 0.6 is 11.3 Å². The van der Waals surface area contributed by atoms with E-state index in [4.69, 9.17) is 4.74 Å². The van der Waals surface area contributed by atoms with E-state index in [9.17, 15) is 24.6 Å². The maximum absolute atomic E-state index is 13.2. The van der Waals surface area contributed by atoms with E-state index in [-0.39, 0.29) is 23.9 Å². The summed E-state index contributed by atoms with van der Waals surface area (Å²) in [5.41, 5.74) is 0.686. The van der Waals surface area contributed by atoms with Gasteiger partial charge in [0.2, 0.25) is 0 Å². The molecule has 0 spiro atoms. The number of carbonyl (C=O) groups excluding carboxylic acids is 3. The Bertz CT molecular complexity index is 992. The van der Waals surface area contributed by atoms with Gasteiger partial charge in [0.05, 0.1) is 41.2 Å². The average Bonchev–Trinajstić information content (AvgIpc) is 3.20. The number of aliphatic hydroxyl groups excluding tert-OH is 2. The highest BCUT2D eigenvalue weighted by Crippen LogP contribution is 2.32. The molecule has 0 aromatic carbocycles. The van der Waals surface area contributed by atoms with Crippen molar-refractivity contribution in [1.82, 2.24) is 4.98 Å². The SMILES string of the molecule is C/C1=C/CC[C@H](C)[C@H](O)[C@@H](C)C(=O)C(C)(C)[C@@H](O)CC(=O)O[C@H](/C(C)=C/c2csc(C)n2)CC1=O. The molecule has 1 aromatic rings. The van der Waals surface area contributed by atoms with Gasteiger partial charge in [-0.25, -0.2) is 4.98 Å². The number of aromatic nitrogens is 1. The standard InChI is InChI=1S/C27H39NO6S/c1-15-9-8-10-16(2)25(32)18(4)26(33)27(6,7)23(30)13-24(31)34-22(12-21(15)29)17(3)11-20-14-35-19(5)28-20/h9,11,14,16,18,22-23,25,30,32H,8,10,12-13H2,1-7H3/b15-9-,17-11+/t16-,18+,22-,23-,25-/m0/s1. The lowest BCUT2D eigenvalue weighted by atomic mass is 9.73. The molecule has 194 valence electrons. The third-order valence-electron chi connectivity index (χ3n) is 7.01. The number of allylic oxidation sites excluding steroid dienone is 2. The maximum atomic E-state index is 13.2. The van der Waals surface area contributed by atoms with Gasteiger partial charge < -0.3 is 14.9 Å². The summed E-state index contributed by atoms with van der Waals surface area (Å²) in [6.45, 7) is 12.1. The van der Waals surface area contributed by atoms with Gasteiger partial charge in [0.15, 0.2) is 5.78 Å². The van der Waals surface area contributed by atoms with Crippen molar-refractivity contribution in [3.8, 4) is 0 Å². The number of thiazole rings is 1. The molecule has 8 heteroatoms. The average molecular weight is 506 g/mol. The number of hydrogen-bond acceptors (Lipinski definition) is 8. The second-order valence-electron chi connectivity index (χ2n) is 10.3. The van der Waals surface area contributed by atoms with Gasteiger partial charge in [0, 0.05) is 11.3 Å². The minimum atomic E-state index is -1.30. The fourth-order valence-electron chi connectivity index (χ4n) is 4.26. The molecule has 2 rings (SSSR count). The van der Waals surface area contributed by atoms with E-state index < -0.39 is 42.0 Å². The Kier molecular flexibility index (Phi) is 10.1. The van der Waals surface area contributed by atoms with Crippen LogP contribution in [0.3, 0.4) is 0 Å². The lowest BCUT2D eigenvalue weighted by Gasteiger charge is -2.34. The summed E-state index contributed by atoms with van der Waals surface area (Å²) in [5.74, 6) is -2.05. The third-order valence-corrected chi connectivity index (χ3v) is 7.81. The summed E-state index contributed by atoms with van der Waals surface area (Å²) >= 11 is 1.50. The van der Waals surface area contributed by atoms with Crippen molar-refractivity contribution in [3.63, 3.8) is 0 Å². The van der Waals surface area contributed by atoms with Gasteiger partial charge >= 0.3 is 5.97 Å². The number of aryl methyl sites for hydroxylation is 1. The van der Waals surface area contributed by atoms with Crippen LogP contribution in [0.4, 0.5) is 0 Å². The maximum Gasteiger partial charge on any atom is 0.309 e. The molecule has 0 saturated heterocycles. The molecule has 0 fully saturated rings. The molecule has 0 bridgehead atoms. The van der Waals surface area contributed by atoms with Gasteiger partial charge in [-0.3, -0.25) is 14.4 Å². The van der Waals surface area contributed by atoms with E-state index in [2.05, 4.69) is 4.98 Å². The first kappa shape index (κ1) is 29.1. The number of rotatable bonds is 2. The van der Waals surface area contributed by atoms with Crippen LogP contribution in [0, 0.1) is 24.2 Å². The van der Waals surface area contributed by atoms with Crippen LogP contribution < -0.4 is 0 Å². The molecule has 5 atom stereocenters. The van der Waals surface area contributed by atoms with E-state index in [0.29, 0.717) is 24.0 Å². The van der Waals surface area contributed by atoms with E-state index in [1.807, 2.05) is 25.3 Å². The minimum absolute atomic E-state index is 0.0346. The highest BCUT2D eigenvalue weighted by Gasteiger charge is 2.42. The molecule has 0 amide bonds. The molecule has 1 aliphatic heterocycles. The van der Waals surface area contributed by atoms with Crippen molar-refractivity contribution in [1.29, 1.82) is 0 Å². The highest BCUT2D eigenvalue weighted by molar-refractivity contribution is 7.09. The molecule has 2 heterocycles. The molecule has 7 nitrogen and oxygen atoms in total.